The maximum Gasteiger partial charge on any atom is 0.254 e. The molecule has 2 amide bonds. The second kappa shape index (κ2) is 10.2. The molecule has 1 aromatic heterocycles. The van der Waals surface area contributed by atoms with Crippen LogP contribution in [-0.4, -0.2) is 34.8 Å². The topological polar surface area (TPSA) is 62.3 Å². The lowest BCUT2D eigenvalue weighted by Gasteiger charge is -2.24. The average Bonchev–Trinajstić information content (AvgIpc) is 3.47. The molecular formula is C28H24FN3O2S. The maximum atomic E-state index is 13.2. The maximum absolute atomic E-state index is 13.2. The summed E-state index contributed by atoms with van der Waals surface area (Å²) in [7, 11) is 0. The van der Waals surface area contributed by atoms with Crippen LogP contribution in [-0.2, 0) is 17.8 Å². The van der Waals surface area contributed by atoms with Crippen LogP contribution in [0.2, 0.25) is 0 Å². The monoisotopic (exact) mass is 485 g/mol. The third kappa shape index (κ3) is 5.30. The van der Waals surface area contributed by atoms with Crippen LogP contribution in [0, 0.1) is 5.82 Å². The molecule has 5 rings (SSSR count). The molecule has 176 valence electrons. The van der Waals surface area contributed by atoms with Crippen molar-refractivity contribution in [2.75, 3.05) is 13.1 Å². The average molecular weight is 486 g/mol. The van der Waals surface area contributed by atoms with Gasteiger partial charge in [-0.3, -0.25) is 9.59 Å². The van der Waals surface area contributed by atoms with E-state index >= 15 is 0 Å². The summed E-state index contributed by atoms with van der Waals surface area (Å²) in [4.78, 5) is 32.0. The van der Waals surface area contributed by atoms with Gasteiger partial charge in [-0.05, 0) is 41.5 Å². The molecule has 0 aliphatic carbocycles. The first kappa shape index (κ1) is 22.9. The van der Waals surface area contributed by atoms with E-state index < -0.39 is 0 Å². The summed E-state index contributed by atoms with van der Waals surface area (Å²) >= 11 is 1.43. The Morgan fingerprint density at radius 1 is 1.03 bits per heavy atom. The van der Waals surface area contributed by atoms with Gasteiger partial charge in [0.2, 0.25) is 5.91 Å². The minimum Gasteiger partial charge on any atom is -0.355 e. The van der Waals surface area contributed by atoms with Crippen LogP contribution in [0.3, 0.4) is 0 Å². The van der Waals surface area contributed by atoms with Crippen molar-refractivity contribution >= 4 is 23.2 Å². The fraction of sp³-hybridized carbons (Fsp3) is 0.179. The van der Waals surface area contributed by atoms with Gasteiger partial charge in [0.05, 0.1) is 12.1 Å². The van der Waals surface area contributed by atoms with Gasteiger partial charge in [0, 0.05) is 42.1 Å². The minimum atomic E-state index is -0.294. The predicted molar refractivity (Wildman–Crippen MR) is 135 cm³/mol. The van der Waals surface area contributed by atoms with Gasteiger partial charge in [0.15, 0.2) is 0 Å². The van der Waals surface area contributed by atoms with Crippen molar-refractivity contribution in [3.63, 3.8) is 0 Å². The molecule has 0 spiro atoms. The molecule has 4 aromatic rings. The zero-order valence-corrected chi connectivity index (χ0v) is 19.8. The number of thiazole rings is 1. The summed E-state index contributed by atoms with van der Waals surface area (Å²) < 4.78 is 13.2. The number of carbonyl (C=O) groups is 2. The molecule has 0 saturated carbocycles. The molecule has 1 unspecified atom stereocenters. The van der Waals surface area contributed by atoms with E-state index in [1.165, 1.54) is 23.5 Å². The first-order valence-corrected chi connectivity index (χ1v) is 12.3. The first-order valence-electron chi connectivity index (χ1n) is 11.5. The van der Waals surface area contributed by atoms with Crippen LogP contribution >= 0.6 is 11.3 Å². The molecule has 1 N–H and O–H groups in total. The van der Waals surface area contributed by atoms with Crippen LogP contribution in [0.4, 0.5) is 4.39 Å². The largest absolute Gasteiger partial charge is 0.355 e. The second-order valence-electron chi connectivity index (χ2n) is 8.58. The molecule has 0 bridgehead atoms. The minimum absolute atomic E-state index is 0.0312. The molecule has 3 aromatic carbocycles. The second-order valence-corrected chi connectivity index (χ2v) is 9.44. The van der Waals surface area contributed by atoms with Gasteiger partial charge in [0.25, 0.3) is 5.91 Å². The highest BCUT2D eigenvalue weighted by Crippen LogP contribution is 2.26. The van der Waals surface area contributed by atoms with E-state index in [0.717, 1.165) is 27.3 Å². The SMILES string of the molecule is O=C(Cc1csc(-c2ccc(F)cc2)n1)NCC(CN1Cc2ccccc2C1=O)c1ccccc1. The van der Waals surface area contributed by atoms with Crippen molar-refractivity contribution in [1.82, 2.24) is 15.2 Å². The smallest absolute Gasteiger partial charge is 0.254 e. The third-order valence-corrected chi connectivity index (χ3v) is 7.08. The Morgan fingerprint density at radius 3 is 2.54 bits per heavy atom. The van der Waals surface area contributed by atoms with E-state index in [0.29, 0.717) is 25.3 Å². The van der Waals surface area contributed by atoms with Gasteiger partial charge in [-0.1, -0.05) is 48.5 Å². The lowest BCUT2D eigenvalue weighted by molar-refractivity contribution is -0.120. The number of aromatic nitrogens is 1. The number of fused-ring (bicyclic) bond motifs is 1. The van der Waals surface area contributed by atoms with Gasteiger partial charge < -0.3 is 10.2 Å². The number of halogens is 1. The number of hydrogen-bond donors (Lipinski definition) is 1. The molecule has 5 nitrogen and oxygen atoms in total. The Hall–Kier alpha value is -3.84. The standard InChI is InChI=1S/C28H24FN3O2S/c29-23-12-10-20(11-13-23)27-31-24(18-35-27)14-26(33)30-15-22(19-6-2-1-3-7-19)17-32-16-21-8-4-5-9-25(21)28(32)34/h1-13,18,22H,14-17H2,(H,30,33). The van der Waals surface area contributed by atoms with E-state index in [2.05, 4.69) is 10.3 Å². The van der Waals surface area contributed by atoms with Crippen LogP contribution in [0.5, 0.6) is 0 Å². The van der Waals surface area contributed by atoms with E-state index in [9.17, 15) is 14.0 Å². The van der Waals surface area contributed by atoms with Crippen molar-refractivity contribution in [1.29, 1.82) is 0 Å². The summed E-state index contributed by atoms with van der Waals surface area (Å²) in [6.45, 7) is 1.51. The fourth-order valence-electron chi connectivity index (χ4n) is 4.32. The summed E-state index contributed by atoms with van der Waals surface area (Å²) in [5.41, 5.74) is 4.36. The Labute approximate surface area is 207 Å². The molecule has 0 radical (unpaired) electrons. The summed E-state index contributed by atoms with van der Waals surface area (Å²) in [6.07, 6.45) is 0.160. The Bertz CT molecular complexity index is 1340. The highest BCUT2D eigenvalue weighted by atomic mass is 32.1. The number of amides is 2. The van der Waals surface area contributed by atoms with E-state index in [-0.39, 0.29) is 30.0 Å². The summed E-state index contributed by atoms with van der Waals surface area (Å²) in [5, 5.41) is 5.64. The number of benzene rings is 3. The number of rotatable bonds is 8. The van der Waals surface area contributed by atoms with Crippen LogP contribution in [0.15, 0.2) is 84.2 Å². The van der Waals surface area contributed by atoms with Gasteiger partial charge >= 0.3 is 0 Å². The zero-order chi connectivity index (χ0) is 24.2. The number of nitrogens with zero attached hydrogens (tertiary/aromatic N) is 2. The van der Waals surface area contributed by atoms with Crippen LogP contribution in [0.1, 0.15) is 33.1 Å². The predicted octanol–water partition coefficient (Wildman–Crippen LogP) is 5.05. The quantitative estimate of drug-likeness (QED) is 0.380. The number of nitrogens with one attached hydrogen (secondary N) is 1. The zero-order valence-electron chi connectivity index (χ0n) is 19.0. The van der Waals surface area contributed by atoms with Gasteiger partial charge in [0.1, 0.15) is 10.8 Å². The lowest BCUT2D eigenvalue weighted by Crippen LogP contribution is -2.36. The summed E-state index contributed by atoms with van der Waals surface area (Å²) in [6, 6.07) is 23.8. The van der Waals surface area contributed by atoms with Crippen molar-refractivity contribution in [2.24, 2.45) is 0 Å². The van der Waals surface area contributed by atoms with Crippen molar-refractivity contribution < 1.29 is 14.0 Å². The molecule has 7 heteroatoms. The van der Waals surface area contributed by atoms with Crippen LogP contribution < -0.4 is 5.32 Å². The Balaban J connectivity index is 1.23. The molecule has 0 fully saturated rings. The molecular weight excluding hydrogens is 461 g/mol. The van der Waals surface area contributed by atoms with Gasteiger partial charge in [-0.25, -0.2) is 9.37 Å². The van der Waals surface area contributed by atoms with E-state index in [1.807, 2.05) is 64.9 Å². The Kier molecular flexibility index (Phi) is 6.68. The number of hydrogen-bond acceptors (Lipinski definition) is 4. The van der Waals surface area contributed by atoms with Gasteiger partial charge in [-0.15, -0.1) is 11.3 Å². The highest BCUT2D eigenvalue weighted by Gasteiger charge is 2.29. The lowest BCUT2D eigenvalue weighted by atomic mass is 9.98. The van der Waals surface area contributed by atoms with E-state index in [4.69, 9.17) is 0 Å². The van der Waals surface area contributed by atoms with Crippen molar-refractivity contribution in [2.45, 2.75) is 18.9 Å². The molecule has 0 saturated heterocycles. The number of carbonyl (C=O) groups excluding carboxylic acids is 2. The third-order valence-electron chi connectivity index (χ3n) is 6.14. The molecule has 1 atom stereocenters. The Morgan fingerprint density at radius 2 is 1.77 bits per heavy atom. The molecule has 35 heavy (non-hydrogen) atoms. The van der Waals surface area contributed by atoms with Crippen molar-refractivity contribution in [3.8, 4) is 10.6 Å². The molecule has 1 aliphatic rings. The normalized spacial score (nSPS) is 13.5. The highest BCUT2D eigenvalue weighted by molar-refractivity contribution is 7.13. The summed E-state index contributed by atoms with van der Waals surface area (Å²) in [5.74, 6) is -0.428. The first-order chi connectivity index (χ1) is 17.1. The molecule has 2 heterocycles. The van der Waals surface area contributed by atoms with Crippen LogP contribution in [0.25, 0.3) is 10.6 Å². The van der Waals surface area contributed by atoms with Crippen molar-refractivity contribution in [3.05, 3.63) is 112 Å². The molecule has 1 aliphatic heterocycles. The van der Waals surface area contributed by atoms with Gasteiger partial charge in [-0.2, -0.15) is 0 Å². The van der Waals surface area contributed by atoms with E-state index in [1.54, 1.807) is 12.1 Å². The fourth-order valence-corrected chi connectivity index (χ4v) is 5.14.